The number of carbonyl (C=O) groups is 1. The van der Waals surface area contributed by atoms with Crippen LogP contribution in [0, 0.1) is 6.92 Å². The Morgan fingerprint density at radius 1 is 1.41 bits per heavy atom. The van der Waals surface area contributed by atoms with E-state index < -0.39 is 0 Å². The van der Waals surface area contributed by atoms with Crippen molar-refractivity contribution in [2.75, 3.05) is 26.1 Å². The summed E-state index contributed by atoms with van der Waals surface area (Å²) < 4.78 is 9.78. The average Bonchev–Trinajstić information content (AvgIpc) is 2.31. The maximum atomic E-state index is 11.5. The van der Waals surface area contributed by atoms with E-state index in [2.05, 4.69) is 5.32 Å². The van der Waals surface area contributed by atoms with Crippen molar-refractivity contribution in [1.29, 1.82) is 0 Å². The third-order valence-corrected chi connectivity index (χ3v) is 2.47. The summed E-state index contributed by atoms with van der Waals surface area (Å²) in [5.74, 6) is -0.314. The Morgan fingerprint density at radius 3 is 2.71 bits per heavy atom. The molecule has 1 atom stereocenters. The summed E-state index contributed by atoms with van der Waals surface area (Å²) in [7, 11) is 3.04. The van der Waals surface area contributed by atoms with Gasteiger partial charge >= 0.3 is 5.97 Å². The lowest BCUT2D eigenvalue weighted by Gasteiger charge is -2.15. The quantitative estimate of drug-likeness (QED) is 0.798. The van der Waals surface area contributed by atoms with Crippen molar-refractivity contribution in [3.05, 3.63) is 29.3 Å². The summed E-state index contributed by atoms with van der Waals surface area (Å²) in [5.41, 5.74) is 2.38. The number of ether oxygens (including phenoxy) is 2. The molecular formula is C13H19NO3. The molecule has 0 radical (unpaired) electrons. The highest BCUT2D eigenvalue weighted by molar-refractivity contribution is 5.92. The summed E-state index contributed by atoms with van der Waals surface area (Å²) in [6, 6.07) is 5.82. The number of hydrogen-bond donors (Lipinski definition) is 1. The van der Waals surface area contributed by atoms with Gasteiger partial charge in [-0.05, 0) is 31.5 Å². The van der Waals surface area contributed by atoms with E-state index in [0.717, 1.165) is 11.3 Å². The van der Waals surface area contributed by atoms with Gasteiger partial charge in [-0.15, -0.1) is 0 Å². The van der Waals surface area contributed by atoms with E-state index >= 15 is 0 Å². The highest BCUT2D eigenvalue weighted by Crippen LogP contribution is 2.17. The Kier molecular flexibility index (Phi) is 4.97. The largest absolute Gasteiger partial charge is 0.465 e. The Labute approximate surface area is 102 Å². The molecule has 0 unspecified atom stereocenters. The number of rotatable bonds is 5. The monoisotopic (exact) mass is 237 g/mol. The van der Waals surface area contributed by atoms with Gasteiger partial charge in [-0.3, -0.25) is 0 Å². The molecule has 4 nitrogen and oxygen atoms in total. The summed E-state index contributed by atoms with van der Waals surface area (Å²) in [4.78, 5) is 11.5. The first-order chi connectivity index (χ1) is 8.08. The van der Waals surface area contributed by atoms with Crippen LogP contribution in [0.4, 0.5) is 5.69 Å². The van der Waals surface area contributed by atoms with Crippen LogP contribution in [0.5, 0.6) is 0 Å². The maximum absolute atomic E-state index is 11.5. The van der Waals surface area contributed by atoms with E-state index in [1.54, 1.807) is 13.2 Å². The van der Waals surface area contributed by atoms with Crippen molar-refractivity contribution >= 4 is 11.7 Å². The molecule has 0 saturated heterocycles. The molecular weight excluding hydrogens is 218 g/mol. The van der Waals surface area contributed by atoms with Crippen LogP contribution in [0.15, 0.2) is 18.2 Å². The Morgan fingerprint density at radius 2 is 2.12 bits per heavy atom. The maximum Gasteiger partial charge on any atom is 0.338 e. The summed E-state index contributed by atoms with van der Waals surface area (Å²) >= 11 is 0. The lowest BCUT2D eigenvalue weighted by atomic mass is 10.1. The van der Waals surface area contributed by atoms with Crippen LogP contribution in [0.2, 0.25) is 0 Å². The van der Waals surface area contributed by atoms with Gasteiger partial charge in [-0.2, -0.15) is 0 Å². The SMILES string of the molecule is COC[C@H](C)Nc1ccc(C)c(C(=O)OC)c1. The van der Waals surface area contributed by atoms with Crippen LogP contribution in [-0.2, 0) is 9.47 Å². The topological polar surface area (TPSA) is 47.6 Å². The predicted molar refractivity (Wildman–Crippen MR) is 67.5 cm³/mol. The van der Waals surface area contributed by atoms with Crippen LogP contribution in [-0.4, -0.2) is 32.8 Å². The molecule has 0 aliphatic rings. The molecule has 0 aromatic heterocycles. The molecule has 0 fully saturated rings. The van der Waals surface area contributed by atoms with Crippen LogP contribution in [0.3, 0.4) is 0 Å². The molecule has 0 saturated carbocycles. The van der Waals surface area contributed by atoms with Gasteiger partial charge in [0.25, 0.3) is 0 Å². The first kappa shape index (κ1) is 13.5. The smallest absolute Gasteiger partial charge is 0.338 e. The summed E-state index contributed by atoms with van der Waals surface area (Å²) in [6.07, 6.45) is 0. The van der Waals surface area contributed by atoms with Crippen LogP contribution < -0.4 is 5.32 Å². The molecule has 1 N–H and O–H groups in total. The molecule has 0 aliphatic carbocycles. The zero-order chi connectivity index (χ0) is 12.8. The molecule has 17 heavy (non-hydrogen) atoms. The third-order valence-electron chi connectivity index (χ3n) is 2.47. The van der Waals surface area contributed by atoms with Crippen LogP contribution in [0.1, 0.15) is 22.8 Å². The second kappa shape index (κ2) is 6.25. The predicted octanol–water partition coefficient (Wildman–Crippen LogP) is 2.23. The van der Waals surface area contributed by atoms with E-state index in [9.17, 15) is 4.79 Å². The van der Waals surface area contributed by atoms with Gasteiger partial charge in [0.05, 0.1) is 19.3 Å². The van der Waals surface area contributed by atoms with Crippen LogP contribution >= 0.6 is 0 Å². The van der Waals surface area contributed by atoms with Gasteiger partial charge in [-0.1, -0.05) is 6.07 Å². The minimum atomic E-state index is -0.314. The van der Waals surface area contributed by atoms with E-state index in [4.69, 9.17) is 9.47 Å². The molecule has 1 rings (SSSR count). The lowest BCUT2D eigenvalue weighted by Crippen LogP contribution is -2.21. The van der Waals surface area contributed by atoms with Gasteiger partial charge in [0.2, 0.25) is 0 Å². The normalized spacial score (nSPS) is 12.0. The number of methoxy groups -OCH3 is 2. The first-order valence-electron chi connectivity index (χ1n) is 5.53. The molecule has 0 amide bonds. The second-order valence-electron chi connectivity index (χ2n) is 4.02. The fraction of sp³-hybridized carbons (Fsp3) is 0.462. The standard InChI is InChI=1S/C13H19NO3/c1-9-5-6-11(14-10(2)8-16-3)7-12(9)13(15)17-4/h5-7,10,14H,8H2,1-4H3/t10-/m0/s1. The van der Waals surface area contributed by atoms with Gasteiger partial charge < -0.3 is 14.8 Å². The Bertz CT molecular complexity index is 390. The molecule has 94 valence electrons. The van der Waals surface area contributed by atoms with Gasteiger partial charge in [0.15, 0.2) is 0 Å². The van der Waals surface area contributed by atoms with Crippen molar-refractivity contribution in [3.8, 4) is 0 Å². The number of nitrogens with one attached hydrogen (secondary N) is 1. The summed E-state index contributed by atoms with van der Waals surface area (Å²) in [5, 5.41) is 3.26. The highest BCUT2D eigenvalue weighted by Gasteiger charge is 2.10. The molecule has 0 spiro atoms. The van der Waals surface area contributed by atoms with Crippen molar-refractivity contribution in [2.45, 2.75) is 19.9 Å². The van der Waals surface area contributed by atoms with Crippen LogP contribution in [0.25, 0.3) is 0 Å². The van der Waals surface area contributed by atoms with Crippen molar-refractivity contribution < 1.29 is 14.3 Å². The third kappa shape index (κ3) is 3.75. The minimum Gasteiger partial charge on any atom is -0.465 e. The number of aryl methyl sites for hydroxylation is 1. The van der Waals surface area contributed by atoms with Gasteiger partial charge in [-0.25, -0.2) is 4.79 Å². The van der Waals surface area contributed by atoms with Crippen molar-refractivity contribution in [3.63, 3.8) is 0 Å². The van der Waals surface area contributed by atoms with E-state index in [-0.39, 0.29) is 12.0 Å². The number of anilines is 1. The Balaban J connectivity index is 2.85. The van der Waals surface area contributed by atoms with E-state index in [1.165, 1.54) is 7.11 Å². The minimum absolute atomic E-state index is 0.188. The number of carbonyl (C=O) groups excluding carboxylic acids is 1. The lowest BCUT2D eigenvalue weighted by molar-refractivity contribution is 0.0600. The first-order valence-corrected chi connectivity index (χ1v) is 5.53. The number of benzene rings is 1. The number of esters is 1. The second-order valence-corrected chi connectivity index (χ2v) is 4.02. The molecule has 1 aromatic rings. The molecule has 0 heterocycles. The van der Waals surface area contributed by atoms with Crippen molar-refractivity contribution in [2.24, 2.45) is 0 Å². The Hall–Kier alpha value is -1.55. The van der Waals surface area contributed by atoms with Gasteiger partial charge in [0, 0.05) is 18.8 Å². The number of hydrogen-bond acceptors (Lipinski definition) is 4. The molecule has 0 bridgehead atoms. The molecule has 0 aliphatic heterocycles. The van der Waals surface area contributed by atoms with E-state index in [1.807, 2.05) is 26.0 Å². The summed E-state index contributed by atoms with van der Waals surface area (Å²) in [6.45, 7) is 4.51. The zero-order valence-electron chi connectivity index (χ0n) is 10.7. The fourth-order valence-corrected chi connectivity index (χ4v) is 1.62. The van der Waals surface area contributed by atoms with Gasteiger partial charge in [0.1, 0.15) is 0 Å². The molecule has 1 aromatic carbocycles. The fourth-order valence-electron chi connectivity index (χ4n) is 1.62. The zero-order valence-corrected chi connectivity index (χ0v) is 10.7. The average molecular weight is 237 g/mol. The van der Waals surface area contributed by atoms with E-state index in [0.29, 0.717) is 12.2 Å². The highest BCUT2D eigenvalue weighted by atomic mass is 16.5. The van der Waals surface area contributed by atoms with Crippen molar-refractivity contribution in [1.82, 2.24) is 0 Å². The molecule has 4 heteroatoms.